The molecule has 1 saturated carbocycles. The molecule has 0 radical (unpaired) electrons. The molecular weight excluding hydrogens is 313 g/mol. The van der Waals surface area contributed by atoms with Gasteiger partial charge in [0.15, 0.2) is 0 Å². The van der Waals surface area contributed by atoms with Gasteiger partial charge in [0.05, 0.1) is 12.5 Å². The predicted octanol–water partition coefficient (Wildman–Crippen LogP) is 2.63. The maximum absolute atomic E-state index is 14.4. The maximum Gasteiger partial charge on any atom is 0.366 e. The Morgan fingerprint density at radius 1 is 1.04 bits per heavy atom. The molecule has 1 aromatic carbocycles. The van der Waals surface area contributed by atoms with E-state index in [1.54, 1.807) is 19.2 Å². The van der Waals surface area contributed by atoms with Gasteiger partial charge in [0, 0.05) is 6.42 Å². The van der Waals surface area contributed by atoms with E-state index in [4.69, 9.17) is 9.47 Å². The molecule has 2 fully saturated rings. The Labute approximate surface area is 140 Å². The van der Waals surface area contributed by atoms with Crippen molar-refractivity contribution in [3.05, 3.63) is 29.8 Å². The fraction of sp³-hybridized carbons (Fsp3) is 0.556. The van der Waals surface area contributed by atoms with Gasteiger partial charge in [0.25, 0.3) is 5.79 Å². The van der Waals surface area contributed by atoms with Crippen molar-refractivity contribution in [2.45, 2.75) is 49.7 Å². The number of methoxy groups -OCH3 is 1. The second kappa shape index (κ2) is 6.51. The molecule has 5 nitrogen and oxygen atoms in total. The van der Waals surface area contributed by atoms with Crippen LogP contribution in [0.4, 0.5) is 4.39 Å². The van der Waals surface area contributed by atoms with Crippen molar-refractivity contribution in [3.63, 3.8) is 0 Å². The van der Waals surface area contributed by atoms with Crippen LogP contribution in [0.5, 0.6) is 5.75 Å². The number of ether oxygens (including phenoxy) is 2. The minimum absolute atomic E-state index is 0.0364. The van der Waals surface area contributed by atoms with Crippen LogP contribution in [0.1, 0.15) is 44.1 Å². The molecule has 1 heterocycles. The molecule has 0 aromatic heterocycles. The van der Waals surface area contributed by atoms with Crippen molar-refractivity contribution in [2.24, 2.45) is 0 Å². The van der Waals surface area contributed by atoms with Crippen LogP contribution in [-0.2, 0) is 19.7 Å². The summed E-state index contributed by atoms with van der Waals surface area (Å²) < 4.78 is 24.6. The van der Waals surface area contributed by atoms with Crippen molar-refractivity contribution >= 4 is 11.9 Å². The minimum atomic E-state index is -2.24. The third-order valence-corrected chi connectivity index (χ3v) is 5.10. The Morgan fingerprint density at radius 3 is 2.25 bits per heavy atom. The zero-order valence-corrected chi connectivity index (χ0v) is 13.8. The molecule has 1 aliphatic heterocycles. The Balaban J connectivity index is 1.81. The number of benzene rings is 1. The largest absolute Gasteiger partial charge is 0.497 e. The lowest BCUT2D eigenvalue weighted by Gasteiger charge is -2.28. The molecule has 24 heavy (non-hydrogen) atoms. The van der Waals surface area contributed by atoms with Gasteiger partial charge in [0.2, 0.25) is 0 Å². The molecule has 6 heteroatoms. The van der Waals surface area contributed by atoms with E-state index in [9.17, 15) is 14.0 Å². The van der Waals surface area contributed by atoms with Crippen LogP contribution in [-0.4, -0.2) is 31.4 Å². The third kappa shape index (κ3) is 2.90. The van der Waals surface area contributed by atoms with E-state index in [0.717, 1.165) is 18.4 Å². The summed E-state index contributed by atoms with van der Waals surface area (Å²) in [6.07, 6.45) is 3.51. The van der Waals surface area contributed by atoms with Gasteiger partial charge in [-0.05, 0) is 43.5 Å². The number of esters is 2. The van der Waals surface area contributed by atoms with Crippen LogP contribution in [0.3, 0.4) is 0 Å². The summed E-state index contributed by atoms with van der Waals surface area (Å²) in [5, 5.41) is 2.49. The molecule has 130 valence electrons. The fourth-order valence-electron chi connectivity index (χ4n) is 3.64. The zero-order chi connectivity index (χ0) is 17.2. The number of nitrogens with one attached hydrogen (secondary N) is 1. The first-order valence-electron chi connectivity index (χ1n) is 8.35. The first kappa shape index (κ1) is 16.9. The summed E-state index contributed by atoms with van der Waals surface area (Å²) in [4.78, 5) is 24.9. The Bertz CT molecular complexity index is 616. The minimum Gasteiger partial charge on any atom is -0.497 e. The smallest absolute Gasteiger partial charge is 0.366 e. The van der Waals surface area contributed by atoms with E-state index in [2.05, 4.69) is 5.32 Å². The molecule has 0 amide bonds. The van der Waals surface area contributed by atoms with E-state index in [-0.39, 0.29) is 6.42 Å². The Morgan fingerprint density at radius 2 is 1.71 bits per heavy atom. The van der Waals surface area contributed by atoms with Crippen LogP contribution in [0, 0.1) is 0 Å². The topological polar surface area (TPSA) is 64.6 Å². The molecule has 3 rings (SSSR count). The standard InChI is InChI=1S/C18H22FNO4/c1-23-14-7-5-13(6-8-14)17(9-2-3-10-17)15(21)24-16(22)18(19)11-4-12-20-18/h5-8,20H,2-4,9-12H2,1H3/t18-/m1/s1. The van der Waals surface area contributed by atoms with Crippen molar-refractivity contribution < 1.29 is 23.5 Å². The van der Waals surface area contributed by atoms with E-state index in [1.807, 2.05) is 12.1 Å². The molecular formula is C18H22FNO4. The number of carbonyl (C=O) groups is 2. The van der Waals surface area contributed by atoms with Gasteiger partial charge >= 0.3 is 11.9 Å². The molecule has 1 saturated heterocycles. The molecule has 2 aliphatic rings. The number of hydrogen-bond donors (Lipinski definition) is 1. The average Bonchev–Trinajstić information content (AvgIpc) is 3.25. The molecule has 1 aromatic rings. The van der Waals surface area contributed by atoms with Crippen LogP contribution in [0.2, 0.25) is 0 Å². The SMILES string of the molecule is COc1ccc(C2(C(=O)OC(=O)[C@@]3(F)CCCN3)CCCC2)cc1. The first-order valence-corrected chi connectivity index (χ1v) is 8.35. The van der Waals surface area contributed by atoms with Gasteiger partial charge in [-0.15, -0.1) is 0 Å². The van der Waals surface area contributed by atoms with Gasteiger partial charge < -0.3 is 9.47 Å². The molecule has 0 bridgehead atoms. The molecule has 0 unspecified atom stereocenters. The van der Waals surface area contributed by atoms with Gasteiger partial charge in [-0.25, -0.2) is 9.18 Å². The Kier molecular flexibility index (Phi) is 4.58. The summed E-state index contributed by atoms with van der Waals surface area (Å²) in [6.45, 7) is 0.406. The van der Waals surface area contributed by atoms with Crippen molar-refractivity contribution in [2.75, 3.05) is 13.7 Å². The van der Waals surface area contributed by atoms with E-state index in [0.29, 0.717) is 31.6 Å². The lowest BCUT2D eigenvalue weighted by molar-refractivity contribution is -0.173. The van der Waals surface area contributed by atoms with Gasteiger partial charge in [-0.1, -0.05) is 25.0 Å². The summed E-state index contributed by atoms with van der Waals surface area (Å²) in [5.74, 6) is -3.32. The average molecular weight is 335 g/mol. The normalized spacial score (nSPS) is 25.4. The van der Waals surface area contributed by atoms with Crippen molar-refractivity contribution in [1.29, 1.82) is 0 Å². The molecule has 1 aliphatic carbocycles. The number of halogens is 1. The second-order valence-electron chi connectivity index (χ2n) is 6.53. The van der Waals surface area contributed by atoms with Crippen LogP contribution in [0.25, 0.3) is 0 Å². The zero-order valence-electron chi connectivity index (χ0n) is 13.8. The van der Waals surface area contributed by atoms with Crippen molar-refractivity contribution in [3.8, 4) is 5.75 Å². The third-order valence-electron chi connectivity index (χ3n) is 5.10. The predicted molar refractivity (Wildman–Crippen MR) is 85.3 cm³/mol. The van der Waals surface area contributed by atoms with E-state index in [1.165, 1.54) is 0 Å². The first-order chi connectivity index (χ1) is 11.5. The van der Waals surface area contributed by atoms with Crippen LogP contribution in [0.15, 0.2) is 24.3 Å². The summed E-state index contributed by atoms with van der Waals surface area (Å²) >= 11 is 0. The lowest BCUT2D eigenvalue weighted by atomic mass is 9.79. The second-order valence-corrected chi connectivity index (χ2v) is 6.53. The van der Waals surface area contributed by atoms with Gasteiger partial charge in [0.1, 0.15) is 5.75 Å². The highest BCUT2D eigenvalue weighted by Gasteiger charge is 2.49. The number of carbonyl (C=O) groups excluding carboxylic acids is 2. The van der Waals surface area contributed by atoms with Gasteiger partial charge in [-0.2, -0.15) is 0 Å². The van der Waals surface area contributed by atoms with Crippen molar-refractivity contribution in [1.82, 2.24) is 5.32 Å². The highest BCUT2D eigenvalue weighted by molar-refractivity contribution is 5.95. The fourth-order valence-corrected chi connectivity index (χ4v) is 3.64. The quantitative estimate of drug-likeness (QED) is 0.521. The summed E-state index contributed by atoms with van der Waals surface area (Å²) in [6, 6.07) is 7.18. The molecule has 1 N–H and O–H groups in total. The summed E-state index contributed by atoms with van der Waals surface area (Å²) in [7, 11) is 1.57. The van der Waals surface area contributed by atoms with E-state index < -0.39 is 23.1 Å². The molecule has 0 spiro atoms. The number of hydrogen-bond acceptors (Lipinski definition) is 5. The number of alkyl halides is 1. The molecule has 1 atom stereocenters. The van der Waals surface area contributed by atoms with E-state index >= 15 is 0 Å². The Hall–Kier alpha value is -1.95. The monoisotopic (exact) mass is 335 g/mol. The number of rotatable bonds is 4. The highest BCUT2D eigenvalue weighted by Crippen LogP contribution is 2.43. The summed E-state index contributed by atoms with van der Waals surface area (Å²) in [5.41, 5.74) is -0.0948. The van der Waals surface area contributed by atoms with Crippen LogP contribution < -0.4 is 10.1 Å². The highest BCUT2D eigenvalue weighted by atomic mass is 19.1. The lowest BCUT2D eigenvalue weighted by Crippen LogP contribution is -2.47. The van der Waals surface area contributed by atoms with Crippen LogP contribution >= 0.6 is 0 Å². The van der Waals surface area contributed by atoms with Gasteiger partial charge in [-0.3, -0.25) is 10.1 Å². The maximum atomic E-state index is 14.4.